The molecule has 204 valence electrons. The van der Waals surface area contributed by atoms with Crippen LogP contribution in [0.1, 0.15) is 162 Å². The van der Waals surface area contributed by atoms with Gasteiger partial charge in [0.05, 0.1) is 12.7 Å². The van der Waals surface area contributed by atoms with E-state index < -0.39 is 0 Å². The van der Waals surface area contributed by atoms with E-state index in [9.17, 15) is 9.90 Å². The summed E-state index contributed by atoms with van der Waals surface area (Å²) in [6, 6.07) is 0. The number of ether oxygens (including phenoxy) is 1. The van der Waals surface area contributed by atoms with E-state index in [1.54, 1.807) is 0 Å². The van der Waals surface area contributed by atoms with Crippen molar-refractivity contribution in [1.82, 2.24) is 5.32 Å². The zero-order valence-electron chi connectivity index (χ0n) is 23.2. The molecule has 1 amide bonds. The molecular formula is C30H61NO3. The van der Waals surface area contributed by atoms with Crippen molar-refractivity contribution in [2.75, 3.05) is 19.8 Å². The minimum Gasteiger partial charge on any atom is -0.394 e. The Kier molecular flexibility index (Phi) is 28.1. The first-order valence-electron chi connectivity index (χ1n) is 15.2. The highest BCUT2D eigenvalue weighted by molar-refractivity contribution is 5.75. The van der Waals surface area contributed by atoms with E-state index >= 15 is 0 Å². The van der Waals surface area contributed by atoms with Gasteiger partial charge in [0.1, 0.15) is 0 Å². The lowest BCUT2D eigenvalue weighted by Crippen LogP contribution is -2.35. The largest absolute Gasteiger partial charge is 0.394 e. The first-order valence-corrected chi connectivity index (χ1v) is 15.2. The fourth-order valence-electron chi connectivity index (χ4n) is 4.46. The second kappa shape index (κ2) is 28.6. The lowest BCUT2D eigenvalue weighted by Gasteiger charge is -2.16. The summed E-state index contributed by atoms with van der Waals surface area (Å²) >= 11 is 0. The van der Waals surface area contributed by atoms with E-state index in [2.05, 4.69) is 19.2 Å². The average molecular weight is 484 g/mol. The number of nitrogens with one attached hydrogen (secondary N) is 1. The molecule has 0 rings (SSSR count). The number of aliphatic hydroxyl groups is 1. The standard InChI is InChI=1S/C30H61NO3/c1-3-5-7-9-11-12-13-14-15-16-17-18-19-21-23-25-30(33)31-27-29(28-32)34-26-24-22-20-10-8-6-4-2/h29,32H,3-28H2,1-2H3,(H,31,33). The van der Waals surface area contributed by atoms with Crippen LogP contribution in [0.15, 0.2) is 0 Å². The first kappa shape index (κ1) is 33.4. The molecule has 0 saturated heterocycles. The van der Waals surface area contributed by atoms with Crippen LogP contribution in [0.4, 0.5) is 0 Å². The van der Waals surface area contributed by atoms with E-state index in [1.807, 2.05) is 0 Å². The van der Waals surface area contributed by atoms with E-state index in [-0.39, 0.29) is 18.6 Å². The molecule has 1 atom stereocenters. The quantitative estimate of drug-likeness (QED) is 0.110. The third kappa shape index (κ3) is 26.0. The van der Waals surface area contributed by atoms with Gasteiger partial charge in [-0.05, 0) is 12.8 Å². The van der Waals surface area contributed by atoms with Crippen LogP contribution in [0.25, 0.3) is 0 Å². The predicted molar refractivity (Wildman–Crippen MR) is 147 cm³/mol. The Morgan fingerprint density at radius 2 is 1.00 bits per heavy atom. The van der Waals surface area contributed by atoms with E-state index in [0.717, 1.165) is 19.3 Å². The van der Waals surface area contributed by atoms with Crippen molar-refractivity contribution in [3.05, 3.63) is 0 Å². The summed E-state index contributed by atoms with van der Waals surface area (Å²) in [6.45, 7) is 5.58. The molecule has 0 spiro atoms. The van der Waals surface area contributed by atoms with Crippen LogP contribution in [-0.2, 0) is 9.53 Å². The molecule has 34 heavy (non-hydrogen) atoms. The molecule has 0 radical (unpaired) electrons. The lowest BCUT2D eigenvalue weighted by atomic mass is 10.0. The Hall–Kier alpha value is -0.610. The Balaban J connectivity index is 3.38. The number of amides is 1. The van der Waals surface area contributed by atoms with Gasteiger partial charge in [-0.25, -0.2) is 0 Å². The molecule has 0 fully saturated rings. The van der Waals surface area contributed by atoms with Gasteiger partial charge in [0.25, 0.3) is 0 Å². The van der Waals surface area contributed by atoms with Crippen molar-refractivity contribution in [3.8, 4) is 0 Å². The van der Waals surface area contributed by atoms with Gasteiger partial charge in [-0.15, -0.1) is 0 Å². The first-order chi connectivity index (χ1) is 16.7. The van der Waals surface area contributed by atoms with Crippen molar-refractivity contribution in [2.24, 2.45) is 0 Å². The number of aliphatic hydroxyl groups excluding tert-OH is 1. The number of carbonyl (C=O) groups excluding carboxylic acids is 1. The Morgan fingerprint density at radius 3 is 1.41 bits per heavy atom. The fraction of sp³-hybridized carbons (Fsp3) is 0.967. The molecule has 4 heteroatoms. The van der Waals surface area contributed by atoms with Gasteiger partial charge in [0, 0.05) is 19.6 Å². The van der Waals surface area contributed by atoms with Gasteiger partial charge in [0.15, 0.2) is 0 Å². The van der Waals surface area contributed by atoms with Crippen LogP contribution in [0.5, 0.6) is 0 Å². The summed E-state index contributed by atoms with van der Waals surface area (Å²) in [5.74, 6) is 0.0904. The molecule has 4 nitrogen and oxygen atoms in total. The van der Waals surface area contributed by atoms with E-state index in [4.69, 9.17) is 4.74 Å². The predicted octanol–water partition coefficient (Wildman–Crippen LogP) is 8.49. The SMILES string of the molecule is CCCCCCCCCCCCCCCCCC(=O)NCC(CO)OCCCCCCCCC. The number of hydrogen-bond donors (Lipinski definition) is 2. The molecule has 1 unspecified atom stereocenters. The molecule has 0 aromatic carbocycles. The maximum Gasteiger partial charge on any atom is 0.220 e. The van der Waals surface area contributed by atoms with Gasteiger partial charge >= 0.3 is 0 Å². The summed E-state index contributed by atoms with van der Waals surface area (Å²) in [7, 11) is 0. The average Bonchev–Trinajstić information content (AvgIpc) is 2.85. The topological polar surface area (TPSA) is 58.6 Å². The molecule has 0 aliphatic rings. The summed E-state index contributed by atoms with van der Waals surface area (Å²) in [6.07, 6.45) is 29.1. The molecule has 0 heterocycles. The zero-order chi connectivity index (χ0) is 25.0. The second-order valence-electron chi connectivity index (χ2n) is 10.3. The monoisotopic (exact) mass is 483 g/mol. The maximum atomic E-state index is 12.1. The summed E-state index contributed by atoms with van der Waals surface area (Å²) in [4.78, 5) is 12.1. The third-order valence-corrected chi connectivity index (χ3v) is 6.84. The molecule has 0 aromatic heterocycles. The molecule has 0 aliphatic heterocycles. The second-order valence-corrected chi connectivity index (χ2v) is 10.3. The van der Waals surface area contributed by atoms with Crippen LogP contribution in [0.2, 0.25) is 0 Å². The lowest BCUT2D eigenvalue weighted by molar-refractivity contribution is -0.122. The Bertz CT molecular complexity index is 403. The highest BCUT2D eigenvalue weighted by Crippen LogP contribution is 2.13. The number of hydrogen-bond acceptors (Lipinski definition) is 3. The van der Waals surface area contributed by atoms with Crippen LogP contribution in [0.3, 0.4) is 0 Å². The van der Waals surface area contributed by atoms with Crippen molar-refractivity contribution >= 4 is 5.91 Å². The number of rotatable bonds is 28. The van der Waals surface area contributed by atoms with Gasteiger partial charge in [-0.3, -0.25) is 4.79 Å². The van der Waals surface area contributed by atoms with Gasteiger partial charge < -0.3 is 15.2 Å². The molecular weight excluding hydrogens is 422 g/mol. The van der Waals surface area contributed by atoms with Crippen LogP contribution in [0, 0.1) is 0 Å². The fourth-order valence-corrected chi connectivity index (χ4v) is 4.46. The minimum absolute atomic E-state index is 0.0320. The van der Waals surface area contributed by atoms with Gasteiger partial charge in [-0.1, -0.05) is 142 Å². The smallest absolute Gasteiger partial charge is 0.220 e. The van der Waals surface area contributed by atoms with Crippen LogP contribution >= 0.6 is 0 Å². The molecule has 2 N–H and O–H groups in total. The third-order valence-electron chi connectivity index (χ3n) is 6.84. The normalized spacial score (nSPS) is 12.2. The highest BCUT2D eigenvalue weighted by Gasteiger charge is 2.09. The number of carbonyl (C=O) groups is 1. The molecule has 0 aromatic rings. The minimum atomic E-state index is -0.273. The summed E-state index contributed by atoms with van der Waals surface area (Å²) < 4.78 is 5.74. The van der Waals surface area contributed by atoms with E-state index in [1.165, 1.54) is 122 Å². The Morgan fingerprint density at radius 1 is 0.618 bits per heavy atom. The molecule has 0 aliphatic carbocycles. The van der Waals surface area contributed by atoms with E-state index in [0.29, 0.717) is 19.6 Å². The van der Waals surface area contributed by atoms with Crippen molar-refractivity contribution in [3.63, 3.8) is 0 Å². The van der Waals surface area contributed by atoms with Crippen molar-refractivity contribution in [1.29, 1.82) is 0 Å². The van der Waals surface area contributed by atoms with Crippen molar-refractivity contribution in [2.45, 2.75) is 168 Å². The zero-order valence-corrected chi connectivity index (χ0v) is 23.2. The molecule has 0 saturated carbocycles. The Labute approximate surface area is 213 Å². The summed E-state index contributed by atoms with van der Waals surface area (Å²) in [5.41, 5.74) is 0. The number of unbranched alkanes of at least 4 members (excludes halogenated alkanes) is 20. The van der Waals surface area contributed by atoms with Gasteiger partial charge in [0.2, 0.25) is 5.91 Å². The van der Waals surface area contributed by atoms with Crippen molar-refractivity contribution < 1.29 is 14.6 Å². The maximum absolute atomic E-state index is 12.1. The summed E-state index contributed by atoms with van der Waals surface area (Å²) in [5, 5.41) is 12.4. The molecule has 0 bridgehead atoms. The van der Waals surface area contributed by atoms with Gasteiger partial charge in [-0.2, -0.15) is 0 Å². The highest BCUT2D eigenvalue weighted by atomic mass is 16.5. The van der Waals surface area contributed by atoms with Crippen LogP contribution in [-0.4, -0.2) is 36.9 Å². The van der Waals surface area contributed by atoms with Crippen LogP contribution < -0.4 is 5.32 Å².